The fourth-order valence-electron chi connectivity index (χ4n) is 4.45. The van der Waals surface area contributed by atoms with Gasteiger partial charge in [-0.1, -0.05) is 47.6 Å². The van der Waals surface area contributed by atoms with Gasteiger partial charge >= 0.3 is 0 Å². The van der Waals surface area contributed by atoms with Crippen molar-refractivity contribution < 1.29 is 18.8 Å². The Morgan fingerprint density at radius 1 is 0.971 bits per heavy atom. The Bertz CT molecular complexity index is 1450. The van der Waals surface area contributed by atoms with Gasteiger partial charge in [0.25, 0.3) is 0 Å². The van der Waals surface area contributed by atoms with Gasteiger partial charge in [-0.05, 0) is 29.8 Å². The molecule has 0 bridgehead atoms. The number of hydrogen-bond donors (Lipinski definition) is 2. The van der Waals surface area contributed by atoms with Gasteiger partial charge in [-0.15, -0.1) is 0 Å². The lowest BCUT2D eigenvalue weighted by molar-refractivity contribution is -0.120. The lowest BCUT2D eigenvalue weighted by atomic mass is 9.89. The van der Waals surface area contributed by atoms with E-state index in [9.17, 15) is 4.79 Å². The molecule has 0 aliphatic rings. The maximum Gasteiger partial charge on any atom is 0.226 e. The smallest absolute Gasteiger partial charge is 0.226 e. The summed E-state index contributed by atoms with van der Waals surface area (Å²) in [6.07, 6.45) is 2.12. The normalized spacial score (nSPS) is 12.1. The van der Waals surface area contributed by atoms with Crippen molar-refractivity contribution in [3.8, 4) is 11.5 Å². The van der Waals surface area contributed by atoms with Crippen LogP contribution >= 0.6 is 0 Å². The van der Waals surface area contributed by atoms with Crippen molar-refractivity contribution in [3.63, 3.8) is 0 Å². The second kappa shape index (κ2) is 9.31. The van der Waals surface area contributed by atoms with Gasteiger partial charge in [0, 0.05) is 40.5 Å². The summed E-state index contributed by atoms with van der Waals surface area (Å²) in [5.41, 5.74) is 4.32. The lowest BCUT2D eigenvalue weighted by Gasteiger charge is -2.22. The van der Waals surface area contributed by atoms with Crippen LogP contribution in [-0.2, 0) is 11.2 Å². The Balaban J connectivity index is 1.46. The lowest BCUT2D eigenvalue weighted by Crippen LogP contribution is -2.30. The number of carbonyl (C=O) groups excluding carboxylic acids is 1. The highest BCUT2D eigenvalue weighted by atomic mass is 16.5. The Labute approximate surface area is 196 Å². The molecule has 7 heteroatoms. The largest absolute Gasteiger partial charge is 0.493 e. The van der Waals surface area contributed by atoms with Gasteiger partial charge in [0.05, 0.1) is 20.6 Å². The molecule has 3 aromatic carbocycles. The first-order valence-corrected chi connectivity index (χ1v) is 11.1. The average molecular weight is 456 g/mol. The molecule has 0 spiro atoms. The summed E-state index contributed by atoms with van der Waals surface area (Å²) in [7, 11) is 3.24. The van der Waals surface area contributed by atoms with Gasteiger partial charge in [0.2, 0.25) is 5.91 Å². The van der Waals surface area contributed by atoms with Crippen LogP contribution in [-0.4, -0.2) is 36.8 Å². The van der Waals surface area contributed by atoms with E-state index in [4.69, 9.17) is 14.0 Å². The molecule has 2 aromatic heterocycles. The SMILES string of the molecule is COc1cccc([C@H](CNC(=O)Cc2noc3ccccc23)c2c[nH]c3ccccc23)c1OC. The van der Waals surface area contributed by atoms with Gasteiger partial charge < -0.3 is 24.3 Å². The summed E-state index contributed by atoms with van der Waals surface area (Å²) in [6, 6.07) is 21.4. The molecule has 1 atom stereocenters. The van der Waals surface area contributed by atoms with Crippen LogP contribution in [0.25, 0.3) is 21.9 Å². The van der Waals surface area contributed by atoms with Crippen molar-refractivity contribution in [2.24, 2.45) is 0 Å². The van der Waals surface area contributed by atoms with E-state index < -0.39 is 0 Å². The zero-order valence-corrected chi connectivity index (χ0v) is 19.0. The van der Waals surface area contributed by atoms with Crippen LogP contribution in [0.5, 0.6) is 11.5 Å². The van der Waals surface area contributed by atoms with E-state index in [1.807, 2.05) is 66.9 Å². The number of H-pyrrole nitrogens is 1. The minimum absolute atomic E-state index is 0.132. The molecule has 5 rings (SSSR count). The fraction of sp³-hybridized carbons (Fsp3) is 0.185. The molecule has 0 saturated heterocycles. The molecule has 1 amide bonds. The number of carbonyl (C=O) groups is 1. The predicted molar refractivity (Wildman–Crippen MR) is 130 cm³/mol. The first kappa shape index (κ1) is 21.6. The summed E-state index contributed by atoms with van der Waals surface area (Å²) >= 11 is 0. The van der Waals surface area contributed by atoms with Gasteiger partial charge in [-0.3, -0.25) is 4.79 Å². The number of aromatic nitrogens is 2. The van der Waals surface area contributed by atoms with Crippen molar-refractivity contribution >= 4 is 27.8 Å². The number of nitrogens with zero attached hydrogens (tertiary/aromatic N) is 1. The zero-order valence-electron chi connectivity index (χ0n) is 19.0. The first-order valence-electron chi connectivity index (χ1n) is 11.1. The zero-order chi connectivity index (χ0) is 23.5. The Morgan fingerprint density at radius 2 is 1.76 bits per heavy atom. The van der Waals surface area contributed by atoms with Crippen molar-refractivity contribution in [1.29, 1.82) is 0 Å². The summed E-state index contributed by atoms with van der Waals surface area (Å²) in [4.78, 5) is 16.3. The number of amides is 1. The standard InChI is InChI=1S/C27H25N3O4/c1-32-25-13-7-10-18(27(25)33-2)21(20-15-28-22-11-5-3-8-17(20)22)16-29-26(31)14-23-19-9-4-6-12-24(19)34-30-23/h3-13,15,21,28H,14,16H2,1-2H3,(H,29,31)/t21-/m0/s1. The van der Waals surface area contributed by atoms with Crippen molar-refractivity contribution in [2.75, 3.05) is 20.8 Å². The third kappa shape index (κ3) is 3.96. The van der Waals surface area contributed by atoms with Gasteiger partial charge in [0.1, 0.15) is 5.69 Å². The quantitative estimate of drug-likeness (QED) is 0.350. The van der Waals surface area contributed by atoms with E-state index in [-0.39, 0.29) is 18.2 Å². The van der Waals surface area contributed by atoms with E-state index in [1.165, 1.54) is 0 Å². The Kier molecular flexibility index (Phi) is 5.91. The molecule has 0 unspecified atom stereocenters. The monoisotopic (exact) mass is 455 g/mol. The van der Waals surface area contributed by atoms with E-state index in [0.717, 1.165) is 27.4 Å². The molecule has 0 fully saturated rings. The van der Waals surface area contributed by atoms with Crippen LogP contribution in [0.3, 0.4) is 0 Å². The molecule has 2 N–H and O–H groups in total. The summed E-state index contributed by atoms with van der Waals surface area (Å²) in [5, 5.41) is 9.12. The van der Waals surface area contributed by atoms with Crippen molar-refractivity contribution in [1.82, 2.24) is 15.5 Å². The van der Waals surface area contributed by atoms with Crippen molar-refractivity contribution in [2.45, 2.75) is 12.3 Å². The Hall–Kier alpha value is -4.26. The van der Waals surface area contributed by atoms with Crippen molar-refractivity contribution in [3.05, 3.63) is 89.7 Å². The molecule has 172 valence electrons. The maximum atomic E-state index is 12.9. The molecule has 7 nitrogen and oxygen atoms in total. The molecule has 5 aromatic rings. The number of nitrogens with one attached hydrogen (secondary N) is 2. The van der Waals surface area contributed by atoms with E-state index in [0.29, 0.717) is 29.3 Å². The summed E-state index contributed by atoms with van der Waals surface area (Å²) < 4.78 is 16.6. The van der Waals surface area contributed by atoms with E-state index in [2.05, 4.69) is 21.5 Å². The number of rotatable bonds is 8. The van der Waals surface area contributed by atoms with Crippen LogP contribution in [0.15, 0.2) is 77.4 Å². The molecule has 0 aliphatic heterocycles. The highest BCUT2D eigenvalue weighted by Gasteiger charge is 2.24. The molecule has 2 heterocycles. The number of methoxy groups -OCH3 is 2. The molecular formula is C27H25N3O4. The number of hydrogen-bond acceptors (Lipinski definition) is 5. The van der Waals surface area contributed by atoms with Crippen LogP contribution < -0.4 is 14.8 Å². The molecular weight excluding hydrogens is 430 g/mol. The molecule has 34 heavy (non-hydrogen) atoms. The predicted octanol–water partition coefficient (Wildman–Crippen LogP) is 4.82. The molecule has 0 saturated carbocycles. The average Bonchev–Trinajstić information content (AvgIpc) is 3.48. The molecule has 0 aliphatic carbocycles. The summed E-state index contributed by atoms with van der Waals surface area (Å²) in [5.74, 6) is 0.993. The second-order valence-corrected chi connectivity index (χ2v) is 8.03. The third-order valence-corrected chi connectivity index (χ3v) is 6.09. The number of benzene rings is 3. The number of fused-ring (bicyclic) bond motifs is 2. The maximum absolute atomic E-state index is 12.9. The van der Waals surface area contributed by atoms with E-state index in [1.54, 1.807) is 14.2 Å². The topological polar surface area (TPSA) is 89.4 Å². The van der Waals surface area contributed by atoms with Crippen LogP contribution in [0.4, 0.5) is 0 Å². The minimum Gasteiger partial charge on any atom is -0.493 e. The van der Waals surface area contributed by atoms with Gasteiger partial charge in [0.15, 0.2) is 17.1 Å². The molecule has 0 radical (unpaired) electrons. The van der Waals surface area contributed by atoms with Crippen LogP contribution in [0, 0.1) is 0 Å². The van der Waals surface area contributed by atoms with Crippen LogP contribution in [0.2, 0.25) is 0 Å². The van der Waals surface area contributed by atoms with Gasteiger partial charge in [-0.2, -0.15) is 0 Å². The number of aromatic amines is 1. The van der Waals surface area contributed by atoms with Crippen LogP contribution in [0.1, 0.15) is 22.7 Å². The highest BCUT2D eigenvalue weighted by Crippen LogP contribution is 2.40. The number of para-hydroxylation sites is 3. The number of ether oxygens (including phenoxy) is 2. The summed E-state index contributed by atoms with van der Waals surface area (Å²) in [6.45, 7) is 0.375. The van der Waals surface area contributed by atoms with Gasteiger partial charge in [-0.25, -0.2) is 0 Å². The minimum atomic E-state index is -0.167. The third-order valence-electron chi connectivity index (χ3n) is 6.09. The fourth-order valence-corrected chi connectivity index (χ4v) is 4.45. The first-order chi connectivity index (χ1) is 16.7. The second-order valence-electron chi connectivity index (χ2n) is 8.03. The highest BCUT2D eigenvalue weighted by molar-refractivity contribution is 5.87. The Morgan fingerprint density at radius 3 is 2.59 bits per heavy atom. The van der Waals surface area contributed by atoms with E-state index >= 15 is 0 Å².